The summed E-state index contributed by atoms with van der Waals surface area (Å²) in [4.78, 5) is 10.1. The predicted octanol–water partition coefficient (Wildman–Crippen LogP) is -0.574. The van der Waals surface area contributed by atoms with Crippen LogP contribution in [0.1, 0.15) is 0 Å². The molecule has 1 heterocycles. The fourth-order valence-electron chi connectivity index (χ4n) is 0.336. The maximum atomic E-state index is 10.1. The zero-order chi connectivity index (χ0) is 4.41. The van der Waals surface area contributed by atoms with Crippen molar-refractivity contribution in [2.45, 2.75) is 0 Å². The van der Waals surface area contributed by atoms with Gasteiger partial charge in [-0.2, -0.15) is 0 Å². The number of hydrogen-bond donors (Lipinski definition) is 1. The molecule has 1 rings (SSSR count). The summed E-state index contributed by atoms with van der Waals surface area (Å²) in [5.74, 6) is 0.804. The molecule has 1 aliphatic heterocycles. The van der Waals surface area contributed by atoms with Crippen LogP contribution in [0.25, 0.3) is 0 Å². The van der Waals surface area contributed by atoms with E-state index < -0.39 is 0 Å². The zero-order valence-corrected chi connectivity index (χ0v) is 7.05. The second-order valence-electron chi connectivity index (χ2n) is 1.09. The van der Waals surface area contributed by atoms with Gasteiger partial charge in [0.15, 0.2) is 0 Å². The molecule has 0 unspecified atom stereocenters. The van der Waals surface area contributed by atoms with Crippen LogP contribution in [-0.4, -0.2) is 47.1 Å². The first-order valence-electron chi connectivity index (χ1n) is 1.76. The summed E-state index contributed by atoms with van der Waals surface area (Å²) in [6, 6.07) is 0. The standard InChI is InChI=1S/C3H5NOS.Na/c5-3-1-4-2-6-3;/h4H,1-2H2;. The number of carbonyl (C=O) groups is 1. The van der Waals surface area contributed by atoms with Crippen molar-refractivity contribution in [1.82, 2.24) is 5.32 Å². The van der Waals surface area contributed by atoms with Crippen LogP contribution in [-0.2, 0) is 4.79 Å². The van der Waals surface area contributed by atoms with Crippen molar-refractivity contribution in [3.05, 3.63) is 0 Å². The second-order valence-corrected chi connectivity index (χ2v) is 2.12. The quantitative estimate of drug-likeness (QED) is 0.440. The van der Waals surface area contributed by atoms with E-state index >= 15 is 0 Å². The normalized spacial score (nSPS) is 19.1. The topological polar surface area (TPSA) is 29.1 Å². The molecule has 35 valence electrons. The average molecular weight is 126 g/mol. The van der Waals surface area contributed by atoms with Gasteiger partial charge in [0.1, 0.15) is 0 Å². The van der Waals surface area contributed by atoms with Crippen LogP contribution in [0.2, 0.25) is 0 Å². The Kier molecular flexibility index (Phi) is 4.47. The Bertz CT molecular complexity index is 69.3. The first kappa shape index (κ1) is 7.98. The third kappa shape index (κ3) is 2.72. The molecule has 0 aliphatic carbocycles. The Morgan fingerprint density at radius 1 is 1.71 bits per heavy atom. The van der Waals surface area contributed by atoms with Crippen LogP contribution in [0.5, 0.6) is 0 Å². The van der Waals surface area contributed by atoms with Gasteiger partial charge in [-0.1, -0.05) is 11.8 Å². The fourth-order valence-corrected chi connectivity index (χ4v) is 0.905. The van der Waals surface area contributed by atoms with Crippen molar-refractivity contribution in [2.75, 3.05) is 12.4 Å². The Hall–Kier alpha value is 0.980. The molecular weight excluding hydrogens is 121 g/mol. The molecule has 0 saturated carbocycles. The van der Waals surface area contributed by atoms with Gasteiger partial charge >= 0.3 is 0 Å². The van der Waals surface area contributed by atoms with Crippen LogP contribution < -0.4 is 5.32 Å². The van der Waals surface area contributed by atoms with Crippen molar-refractivity contribution in [3.63, 3.8) is 0 Å². The summed E-state index contributed by atoms with van der Waals surface area (Å²) in [6.07, 6.45) is 0. The first-order chi connectivity index (χ1) is 2.89. The van der Waals surface area contributed by atoms with Gasteiger partial charge in [0.2, 0.25) is 5.12 Å². The molecule has 1 aliphatic rings. The maximum Gasteiger partial charge on any atom is 0.203 e. The van der Waals surface area contributed by atoms with Crippen molar-refractivity contribution in [3.8, 4) is 0 Å². The van der Waals surface area contributed by atoms with Crippen molar-refractivity contribution in [2.24, 2.45) is 0 Å². The largest absolute Gasteiger partial charge is 0.300 e. The van der Waals surface area contributed by atoms with Crippen molar-refractivity contribution < 1.29 is 4.79 Å². The summed E-state index contributed by atoms with van der Waals surface area (Å²) in [7, 11) is 0. The predicted molar refractivity (Wildman–Crippen MR) is 31.2 cm³/mol. The SMILES string of the molecule is O=C1CNCS1.[Na]. The van der Waals surface area contributed by atoms with E-state index in [1.807, 2.05) is 0 Å². The van der Waals surface area contributed by atoms with E-state index in [0.717, 1.165) is 5.88 Å². The third-order valence-electron chi connectivity index (χ3n) is 0.605. The number of rotatable bonds is 0. The molecule has 4 heteroatoms. The molecule has 7 heavy (non-hydrogen) atoms. The molecule has 0 aromatic rings. The van der Waals surface area contributed by atoms with Gasteiger partial charge < -0.3 is 0 Å². The Morgan fingerprint density at radius 2 is 2.43 bits per heavy atom. The second kappa shape index (κ2) is 3.92. The molecular formula is C3H5NNaOS. The van der Waals surface area contributed by atoms with Crippen LogP contribution in [0, 0.1) is 0 Å². The number of hydrogen-bond acceptors (Lipinski definition) is 3. The summed E-state index contributed by atoms with van der Waals surface area (Å²) in [6.45, 7) is 0.560. The van der Waals surface area contributed by atoms with E-state index in [1.54, 1.807) is 0 Å². The third-order valence-corrected chi connectivity index (χ3v) is 1.42. The number of nitrogens with one attached hydrogen (secondary N) is 1. The van der Waals surface area contributed by atoms with Gasteiger partial charge in [0.05, 0.1) is 6.54 Å². The molecule has 1 radical (unpaired) electrons. The molecule has 1 N–H and O–H groups in total. The van der Waals surface area contributed by atoms with E-state index in [9.17, 15) is 4.79 Å². The smallest absolute Gasteiger partial charge is 0.203 e. The molecule has 1 saturated heterocycles. The molecule has 0 atom stereocenters. The van der Waals surface area contributed by atoms with E-state index in [0.29, 0.717) is 6.54 Å². The van der Waals surface area contributed by atoms with E-state index in [-0.39, 0.29) is 34.7 Å². The summed E-state index contributed by atoms with van der Waals surface area (Å²) < 4.78 is 0. The minimum absolute atomic E-state index is 0. The van der Waals surface area contributed by atoms with Gasteiger partial charge in [0.25, 0.3) is 0 Å². The van der Waals surface area contributed by atoms with E-state index in [1.165, 1.54) is 11.8 Å². The molecule has 0 spiro atoms. The Morgan fingerprint density at radius 3 is 2.57 bits per heavy atom. The minimum atomic E-state index is 0. The molecule has 0 bridgehead atoms. The van der Waals surface area contributed by atoms with Crippen LogP contribution in [0.3, 0.4) is 0 Å². The zero-order valence-electron chi connectivity index (χ0n) is 4.23. The number of carbonyl (C=O) groups excluding carboxylic acids is 1. The van der Waals surface area contributed by atoms with Crippen LogP contribution >= 0.6 is 11.8 Å². The van der Waals surface area contributed by atoms with Gasteiger partial charge in [-0.05, 0) is 0 Å². The summed E-state index contributed by atoms with van der Waals surface area (Å²) in [5, 5.41) is 3.14. The summed E-state index contributed by atoms with van der Waals surface area (Å²) >= 11 is 1.35. The van der Waals surface area contributed by atoms with E-state index in [4.69, 9.17) is 0 Å². The van der Waals surface area contributed by atoms with Gasteiger partial charge in [-0.3, -0.25) is 10.1 Å². The monoisotopic (exact) mass is 126 g/mol. The number of thioether (sulfide) groups is 1. The molecule has 0 aromatic carbocycles. The maximum absolute atomic E-state index is 10.1. The van der Waals surface area contributed by atoms with Crippen LogP contribution in [0.4, 0.5) is 0 Å². The molecule has 1 fully saturated rings. The fraction of sp³-hybridized carbons (Fsp3) is 0.667. The van der Waals surface area contributed by atoms with Crippen molar-refractivity contribution in [1.29, 1.82) is 0 Å². The molecule has 2 nitrogen and oxygen atoms in total. The van der Waals surface area contributed by atoms with Gasteiger partial charge in [0, 0.05) is 35.4 Å². The molecule has 0 amide bonds. The Labute approximate surface area is 68.7 Å². The van der Waals surface area contributed by atoms with Gasteiger partial charge in [-0.25, -0.2) is 0 Å². The van der Waals surface area contributed by atoms with Crippen LogP contribution in [0.15, 0.2) is 0 Å². The molecule has 0 aromatic heterocycles. The van der Waals surface area contributed by atoms with Gasteiger partial charge in [-0.15, -0.1) is 0 Å². The average Bonchev–Trinajstić information content (AvgIpc) is 1.86. The Balaban J connectivity index is 0.000000360. The first-order valence-corrected chi connectivity index (χ1v) is 2.74. The summed E-state index contributed by atoms with van der Waals surface area (Å²) in [5.41, 5.74) is 0. The van der Waals surface area contributed by atoms with Crippen molar-refractivity contribution >= 4 is 46.4 Å². The minimum Gasteiger partial charge on any atom is -0.300 e. The van der Waals surface area contributed by atoms with E-state index in [2.05, 4.69) is 5.32 Å².